The van der Waals surface area contributed by atoms with Gasteiger partial charge in [0.05, 0.1) is 49.6 Å². The van der Waals surface area contributed by atoms with Crippen molar-refractivity contribution < 1.29 is 68.0 Å². The summed E-state index contributed by atoms with van der Waals surface area (Å²) in [5, 5.41) is 44.2. The van der Waals surface area contributed by atoms with Gasteiger partial charge >= 0.3 is 5.97 Å². The number of hydrogen-bond acceptors (Lipinski definition) is 15. The molecule has 2 fully saturated rings. The Bertz CT molecular complexity index is 1260. The smallest absolute Gasteiger partial charge is 0.308 e. The quantitative estimate of drug-likeness (QED) is 0.174. The van der Waals surface area contributed by atoms with Crippen LogP contribution in [0.2, 0.25) is 0 Å². The molecule has 0 bridgehead atoms. The molecule has 15 heteroatoms. The van der Waals surface area contributed by atoms with Crippen LogP contribution in [0.1, 0.15) is 67.2 Å². The van der Waals surface area contributed by atoms with E-state index in [0.29, 0.717) is 12.0 Å². The molecule has 0 radical (unpaired) electrons. The second-order valence-electron chi connectivity index (χ2n) is 15.4. The van der Waals surface area contributed by atoms with Crippen LogP contribution in [-0.2, 0) is 47.5 Å². The van der Waals surface area contributed by atoms with Crippen LogP contribution in [0.4, 0.5) is 0 Å². The molecular weight excluding hydrogens is 706 g/mol. The van der Waals surface area contributed by atoms with Gasteiger partial charge in [-0.1, -0.05) is 38.5 Å². The van der Waals surface area contributed by atoms with Gasteiger partial charge in [-0.3, -0.25) is 9.59 Å². The summed E-state index contributed by atoms with van der Waals surface area (Å²) in [6.07, 6.45) is -5.36. The van der Waals surface area contributed by atoms with Crippen molar-refractivity contribution in [3.63, 3.8) is 0 Å². The molecule has 3 rings (SSSR count). The highest BCUT2D eigenvalue weighted by Gasteiger charge is 2.48. The Kier molecular flexibility index (Phi) is 18.3. The normalized spacial score (nSPS) is 43.6. The maximum atomic E-state index is 13.6. The number of likely N-dealkylation sites (N-methyl/N-ethyl adjacent to an activating group) is 1. The monoisotopic (exact) mass is 771 g/mol. The first-order valence-corrected chi connectivity index (χ1v) is 19.0. The molecule has 0 spiro atoms. The van der Waals surface area contributed by atoms with Gasteiger partial charge in [0, 0.05) is 38.4 Å². The van der Waals surface area contributed by atoms with E-state index in [4.69, 9.17) is 33.2 Å². The van der Waals surface area contributed by atoms with Crippen LogP contribution < -0.4 is 0 Å². The second kappa shape index (κ2) is 21.4. The van der Waals surface area contributed by atoms with Gasteiger partial charge in [0.2, 0.25) is 0 Å². The number of aldehydes is 1. The molecule has 2 saturated heterocycles. The fourth-order valence-corrected chi connectivity index (χ4v) is 7.76. The standard InChI is InChI=1S/C39H65NO14/c1-11-29-26(19-50-39-37(49-10)36(48-9)33(46)24(6)52-39)16-20(2)12-13-27(42)21(3)17-25(14-15-41)35(22(4)28(43)18-30(44)53-29)54-38-34(47)31(40(7)8)32(45)23(5)51-38/h12-13,15-16,21-26,28-29,31-39,43,45-47H,11,14,17-19H2,1-10H3/b13-12+,20-16+/t21-,22+,23+,24-,25+,26-,28-,29-,31-,32+,33-,34+,35-,36-,37-,38-,39-/m1/s1. The lowest BCUT2D eigenvalue weighted by Gasteiger charge is -2.46. The summed E-state index contributed by atoms with van der Waals surface area (Å²) in [6.45, 7) is 10.5. The maximum absolute atomic E-state index is 13.6. The number of carbonyl (C=O) groups excluding carboxylic acids is 3. The third-order valence-corrected chi connectivity index (χ3v) is 11.1. The van der Waals surface area contributed by atoms with Crippen molar-refractivity contribution in [2.75, 3.05) is 34.9 Å². The summed E-state index contributed by atoms with van der Waals surface area (Å²) in [6, 6.07) is -0.740. The molecule has 3 heterocycles. The lowest BCUT2D eigenvalue weighted by Crippen LogP contribution is -2.63. The lowest BCUT2D eigenvalue weighted by atomic mass is 9.79. The average molecular weight is 772 g/mol. The number of methoxy groups -OCH3 is 2. The summed E-state index contributed by atoms with van der Waals surface area (Å²) >= 11 is 0. The van der Waals surface area contributed by atoms with Crippen LogP contribution in [0.3, 0.4) is 0 Å². The first-order chi connectivity index (χ1) is 25.5. The molecule has 310 valence electrons. The summed E-state index contributed by atoms with van der Waals surface area (Å²) in [5.74, 6) is -3.37. The Hall–Kier alpha value is -2.15. The number of nitrogens with zero attached hydrogens (tertiary/aromatic N) is 1. The molecule has 17 atom stereocenters. The van der Waals surface area contributed by atoms with Gasteiger partial charge in [0.1, 0.15) is 36.8 Å². The number of cyclic esters (lactones) is 1. The summed E-state index contributed by atoms with van der Waals surface area (Å²) < 4.78 is 41.6. The predicted molar refractivity (Wildman–Crippen MR) is 196 cm³/mol. The minimum Gasteiger partial charge on any atom is -0.462 e. The fourth-order valence-electron chi connectivity index (χ4n) is 7.76. The molecule has 4 N–H and O–H groups in total. The largest absolute Gasteiger partial charge is 0.462 e. The van der Waals surface area contributed by atoms with Crippen molar-refractivity contribution in [2.45, 2.75) is 147 Å². The Morgan fingerprint density at radius 2 is 1.52 bits per heavy atom. The highest BCUT2D eigenvalue weighted by molar-refractivity contribution is 5.91. The number of aliphatic hydroxyl groups excluding tert-OH is 4. The zero-order valence-electron chi connectivity index (χ0n) is 33.5. The van der Waals surface area contributed by atoms with Crippen molar-refractivity contribution >= 4 is 18.0 Å². The average Bonchev–Trinajstić information content (AvgIpc) is 3.12. The van der Waals surface area contributed by atoms with Crippen LogP contribution in [-0.4, -0.2) is 158 Å². The SMILES string of the molecule is CC[C@H]1OC(=O)C[C@@H](O)[C@H](C)[C@@H](O[C@H]2O[C@@H](C)[C@H](O)[C@@H](N(C)C)[C@@H]2O)[C@@H](CC=O)C[C@@H](C)C(=O)/C=C/C(C)=C/[C@@H]1CO[C@@H]1O[C@H](C)[C@@H](O)[C@@H](OC)[C@H]1OC. The van der Waals surface area contributed by atoms with Crippen LogP contribution in [0.25, 0.3) is 0 Å². The highest BCUT2D eigenvalue weighted by Crippen LogP contribution is 2.35. The van der Waals surface area contributed by atoms with E-state index in [2.05, 4.69) is 0 Å². The molecule has 0 amide bonds. The molecular formula is C39H65NO14. The van der Waals surface area contributed by atoms with Crippen LogP contribution >= 0.6 is 0 Å². The molecule has 0 aromatic heterocycles. The van der Waals surface area contributed by atoms with Crippen molar-refractivity contribution in [3.8, 4) is 0 Å². The third-order valence-electron chi connectivity index (χ3n) is 11.1. The van der Waals surface area contributed by atoms with E-state index in [-0.39, 0.29) is 25.2 Å². The minimum absolute atomic E-state index is 0.0120. The molecule has 3 aliphatic heterocycles. The third kappa shape index (κ3) is 11.7. The van der Waals surface area contributed by atoms with Crippen molar-refractivity contribution in [3.05, 3.63) is 23.8 Å². The van der Waals surface area contributed by atoms with E-state index in [9.17, 15) is 34.8 Å². The number of esters is 1. The first kappa shape index (κ1) is 46.2. The minimum atomic E-state index is -1.31. The molecule has 0 saturated carbocycles. The van der Waals surface area contributed by atoms with Gasteiger partial charge in [0.15, 0.2) is 18.4 Å². The Labute approximate surface area is 319 Å². The van der Waals surface area contributed by atoms with Crippen LogP contribution in [0.5, 0.6) is 0 Å². The number of ketones is 1. The van der Waals surface area contributed by atoms with Crippen molar-refractivity contribution in [1.29, 1.82) is 0 Å². The van der Waals surface area contributed by atoms with Crippen LogP contribution in [0, 0.1) is 23.7 Å². The lowest BCUT2D eigenvalue weighted by molar-refractivity contribution is -0.304. The maximum Gasteiger partial charge on any atom is 0.308 e. The molecule has 0 unspecified atom stereocenters. The van der Waals surface area contributed by atoms with Gasteiger partial charge in [0.25, 0.3) is 0 Å². The second-order valence-corrected chi connectivity index (χ2v) is 15.4. The highest BCUT2D eigenvalue weighted by atomic mass is 16.7. The Morgan fingerprint density at radius 1 is 0.889 bits per heavy atom. The van der Waals surface area contributed by atoms with E-state index < -0.39 is 116 Å². The fraction of sp³-hybridized carbons (Fsp3) is 0.821. The molecule has 3 aliphatic rings. The van der Waals surface area contributed by atoms with Crippen molar-refractivity contribution in [1.82, 2.24) is 4.90 Å². The zero-order valence-corrected chi connectivity index (χ0v) is 33.5. The van der Waals surface area contributed by atoms with Gasteiger partial charge in [-0.15, -0.1) is 0 Å². The molecule has 0 aliphatic carbocycles. The summed E-state index contributed by atoms with van der Waals surface area (Å²) in [5.41, 5.74) is 0.701. The summed E-state index contributed by atoms with van der Waals surface area (Å²) in [4.78, 5) is 40.8. The molecule has 15 nitrogen and oxygen atoms in total. The molecule has 0 aromatic carbocycles. The molecule has 0 aromatic rings. The number of allylic oxidation sites excluding steroid dienone is 3. The number of hydrogen-bond donors (Lipinski definition) is 4. The Balaban J connectivity index is 1.96. The van der Waals surface area contributed by atoms with Gasteiger partial charge in [-0.05, 0) is 59.7 Å². The van der Waals surface area contributed by atoms with E-state index in [1.807, 2.05) is 19.9 Å². The Morgan fingerprint density at radius 3 is 2.11 bits per heavy atom. The first-order valence-electron chi connectivity index (χ1n) is 19.0. The predicted octanol–water partition coefficient (Wildman–Crippen LogP) is 1.56. The van der Waals surface area contributed by atoms with Gasteiger partial charge in [-0.25, -0.2) is 0 Å². The van der Waals surface area contributed by atoms with Crippen LogP contribution in [0.15, 0.2) is 23.8 Å². The summed E-state index contributed by atoms with van der Waals surface area (Å²) in [7, 11) is 6.36. The number of rotatable bonds is 11. The van der Waals surface area contributed by atoms with E-state index >= 15 is 0 Å². The van der Waals surface area contributed by atoms with E-state index in [0.717, 1.165) is 6.29 Å². The number of carbonyl (C=O) groups is 3. The topological polar surface area (TPSA) is 200 Å². The number of ether oxygens (including phenoxy) is 7. The van der Waals surface area contributed by atoms with Gasteiger partial charge < -0.3 is 63.3 Å². The van der Waals surface area contributed by atoms with E-state index in [1.54, 1.807) is 52.8 Å². The van der Waals surface area contributed by atoms with Crippen molar-refractivity contribution in [2.24, 2.45) is 23.7 Å². The zero-order chi connectivity index (χ0) is 40.4. The van der Waals surface area contributed by atoms with E-state index in [1.165, 1.54) is 20.3 Å². The van der Waals surface area contributed by atoms with Gasteiger partial charge in [-0.2, -0.15) is 0 Å². The molecule has 54 heavy (non-hydrogen) atoms. The number of aliphatic hydroxyl groups is 4.